The highest BCUT2D eigenvalue weighted by Crippen LogP contribution is 2.58. The van der Waals surface area contributed by atoms with Gasteiger partial charge >= 0.3 is 0 Å². The number of benzene rings is 9. The van der Waals surface area contributed by atoms with Crippen LogP contribution in [0.1, 0.15) is 25.0 Å². The third-order valence-electron chi connectivity index (χ3n) is 12.1. The fourth-order valence-corrected chi connectivity index (χ4v) is 9.28. The second-order valence-corrected chi connectivity index (χ2v) is 16.1. The Morgan fingerprint density at radius 3 is 1.52 bits per heavy atom. The lowest BCUT2D eigenvalue weighted by atomic mass is 9.81. The Bertz CT molecular complexity index is 3120. The van der Waals surface area contributed by atoms with E-state index < -0.39 is 0 Å². The van der Waals surface area contributed by atoms with Crippen LogP contribution in [0, 0.1) is 0 Å². The second kappa shape index (κ2) is 14.3. The van der Waals surface area contributed by atoms with Crippen LogP contribution in [0.3, 0.4) is 0 Å². The van der Waals surface area contributed by atoms with Crippen molar-refractivity contribution in [2.45, 2.75) is 19.3 Å². The first kappa shape index (κ1) is 35.5. The van der Waals surface area contributed by atoms with Gasteiger partial charge in [-0.1, -0.05) is 147 Å². The first-order valence-electron chi connectivity index (χ1n) is 20.6. The Morgan fingerprint density at radius 1 is 0.433 bits per heavy atom. The number of anilines is 6. The van der Waals surface area contributed by atoms with Crippen LogP contribution in [0.2, 0.25) is 0 Å². The zero-order valence-electron chi connectivity index (χ0n) is 33.6. The second-order valence-electron chi connectivity index (χ2n) is 16.1. The van der Waals surface area contributed by atoms with Crippen molar-refractivity contribution in [3.8, 4) is 28.2 Å². The number of rotatable bonds is 8. The highest BCUT2D eigenvalue weighted by atomic mass is 15.2. The van der Waals surface area contributed by atoms with Crippen LogP contribution in [0.4, 0.5) is 34.1 Å². The van der Waals surface area contributed by atoms with Crippen molar-refractivity contribution in [3.63, 3.8) is 0 Å². The topological polar surface area (TPSA) is 24.3 Å². The van der Waals surface area contributed by atoms with Gasteiger partial charge in [-0.05, 0) is 112 Å². The molecule has 0 saturated heterocycles. The minimum absolute atomic E-state index is 0.303. The SMILES string of the molecule is CC1(C)c2cc3ccccc3cc2-c2c1cc1nc(-c3ccccc3)n(-c3ccccc3)c1c2N(c1ccccc1)c1cccc(N(c2ccccc2)c2ccccc2)c1. The van der Waals surface area contributed by atoms with Crippen LogP contribution < -0.4 is 9.80 Å². The quantitative estimate of drug-likeness (QED) is 0.154. The van der Waals surface area contributed by atoms with Crippen molar-refractivity contribution in [2.75, 3.05) is 9.80 Å². The molecule has 0 N–H and O–H groups in total. The zero-order valence-corrected chi connectivity index (χ0v) is 33.6. The van der Waals surface area contributed by atoms with Crippen LogP contribution in [0.25, 0.3) is 50.0 Å². The van der Waals surface area contributed by atoms with Crippen LogP contribution >= 0.6 is 0 Å². The summed E-state index contributed by atoms with van der Waals surface area (Å²) >= 11 is 0. The maximum atomic E-state index is 5.60. The van der Waals surface area contributed by atoms with Crippen molar-refractivity contribution < 1.29 is 0 Å². The number of aromatic nitrogens is 2. The molecule has 286 valence electrons. The van der Waals surface area contributed by atoms with Gasteiger partial charge in [-0.2, -0.15) is 0 Å². The zero-order chi connectivity index (χ0) is 40.2. The molecule has 4 heteroatoms. The molecule has 0 aliphatic heterocycles. The molecule has 9 aromatic carbocycles. The normalized spacial score (nSPS) is 12.6. The molecule has 10 aromatic rings. The van der Waals surface area contributed by atoms with E-state index in [1.807, 2.05) is 0 Å². The van der Waals surface area contributed by atoms with Gasteiger partial charge < -0.3 is 9.80 Å². The van der Waals surface area contributed by atoms with Crippen molar-refractivity contribution in [2.24, 2.45) is 0 Å². The largest absolute Gasteiger partial charge is 0.310 e. The predicted octanol–water partition coefficient (Wildman–Crippen LogP) is 15.1. The highest BCUT2D eigenvalue weighted by molar-refractivity contribution is 6.10. The first-order chi connectivity index (χ1) is 29.5. The molecule has 1 aliphatic rings. The number of hydrogen-bond donors (Lipinski definition) is 0. The predicted molar refractivity (Wildman–Crippen MR) is 251 cm³/mol. The molecule has 0 spiro atoms. The van der Waals surface area contributed by atoms with E-state index in [0.29, 0.717) is 0 Å². The van der Waals surface area contributed by atoms with Crippen molar-refractivity contribution in [3.05, 3.63) is 230 Å². The molecule has 4 nitrogen and oxygen atoms in total. The van der Waals surface area contributed by atoms with Crippen LogP contribution in [-0.4, -0.2) is 9.55 Å². The first-order valence-corrected chi connectivity index (χ1v) is 20.6. The number of hydrogen-bond acceptors (Lipinski definition) is 3. The minimum atomic E-state index is -0.303. The third-order valence-corrected chi connectivity index (χ3v) is 12.1. The molecule has 1 aromatic heterocycles. The summed E-state index contributed by atoms with van der Waals surface area (Å²) in [5, 5.41) is 2.47. The Morgan fingerprint density at radius 2 is 0.917 bits per heavy atom. The molecule has 0 unspecified atom stereocenters. The average molecular weight is 771 g/mol. The molecular formula is C56H42N4. The van der Waals surface area contributed by atoms with Crippen molar-refractivity contribution in [1.29, 1.82) is 0 Å². The maximum Gasteiger partial charge on any atom is 0.145 e. The summed E-state index contributed by atoms with van der Waals surface area (Å²) in [5.41, 5.74) is 15.3. The summed E-state index contributed by atoms with van der Waals surface area (Å²) in [6, 6.07) is 78.4. The van der Waals surface area contributed by atoms with E-state index in [4.69, 9.17) is 4.98 Å². The molecule has 0 fully saturated rings. The summed E-state index contributed by atoms with van der Waals surface area (Å²) in [7, 11) is 0. The Hall–Kier alpha value is -7.69. The monoisotopic (exact) mass is 770 g/mol. The molecule has 0 amide bonds. The highest BCUT2D eigenvalue weighted by Gasteiger charge is 2.41. The van der Waals surface area contributed by atoms with E-state index in [1.165, 1.54) is 33.0 Å². The van der Waals surface area contributed by atoms with E-state index in [2.05, 4.69) is 247 Å². The minimum Gasteiger partial charge on any atom is -0.310 e. The lowest BCUT2D eigenvalue weighted by Crippen LogP contribution is -2.17. The van der Waals surface area contributed by atoms with Gasteiger partial charge in [-0.3, -0.25) is 4.57 Å². The fourth-order valence-electron chi connectivity index (χ4n) is 9.28. The maximum absolute atomic E-state index is 5.60. The fraction of sp³-hybridized carbons (Fsp3) is 0.0536. The number of nitrogens with zero attached hydrogens (tertiary/aromatic N) is 4. The molecule has 11 rings (SSSR count). The number of fused-ring (bicyclic) bond motifs is 5. The van der Waals surface area contributed by atoms with Gasteiger partial charge in [-0.15, -0.1) is 0 Å². The van der Waals surface area contributed by atoms with E-state index in [0.717, 1.165) is 62.2 Å². The van der Waals surface area contributed by atoms with E-state index in [1.54, 1.807) is 0 Å². The van der Waals surface area contributed by atoms with Crippen molar-refractivity contribution in [1.82, 2.24) is 9.55 Å². The van der Waals surface area contributed by atoms with Gasteiger partial charge in [0.25, 0.3) is 0 Å². The average Bonchev–Trinajstić information content (AvgIpc) is 3.79. The van der Waals surface area contributed by atoms with Crippen LogP contribution in [0.15, 0.2) is 218 Å². The Balaban J connectivity index is 1.28. The molecule has 0 radical (unpaired) electrons. The molecule has 1 heterocycles. The van der Waals surface area contributed by atoms with Gasteiger partial charge in [0.05, 0.1) is 16.7 Å². The van der Waals surface area contributed by atoms with Gasteiger partial charge in [0.15, 0.2) is 0 Å². The smallest absolute Gasteiger partial charge is 0.145 e. The standard InChI is InChI=1S/C56H42N4/c1-56(2)49-36-41-24-19-18-23-40(41)35-48(49)52-50(56)38-51-53(60(45-31-16-7-17-32-45)55(57-51)39-21-8-3-9-22-39)54(52)59(44-29-14-6-15-30-44)47-34-20-33-46(37-47)58(42-25-10-4-11-26-42)43-27-12-5-13-28-43/h3-38H,1-2H3. The van der Waals surface area contributed by atoms with Gasteiger partial charge in [0.1, 0.15) is 5.82 Å². The summed E-state index contributed by atoms with van der Waals surface area (Å²) < 4.78 is 2.38. The van der Waals surface area contributed by atoms with Gasteiger partial charge in [0.2, 0.25) is 0 Å². The molecule has 0 atom stereocenters. The molecular weight excluding hydrogens is 729 g/mol. The Kier molecular flexibility index (Phi) is 8.45. The number of imidazole rings is 1. The lowest BCUT2D eigenvalue weighted by Gasteiger charge is -2.32. The van der Waals surface area contributed by atoms with Crippen LogP contribution in [-0.2, 0) is 5.41 Å². The van der Waals surface area contributed by atoms with E-state index in [-0.39, 0.29) is 5.41 Å². The summed E-state index contributed by atoms with van der Waals surface area (Å²) in [5.74, 6) is 0.902. The molecule has 0 bridgehead atoms. The van der Waals surface area contributed by atoms with E-state index in [9.17, 15) is 0 Å². The van der Waals surface area contributed by atoms with E-state index >= 15 is 0 Å². The Labute approximate surface area is 350 Å². The molecule has 1 aliphatic carbocycles. The summed E-state index contributed by atoms with van der Waals surface area (Å²) in [6.07, 6.45) is 0. The lowest BCUT2D eigenvalue weighted by molar-refractivity contribution is 0.662. The van der Waals surface area contributed by atoms with Gasteiger partial charge in [0, 0.05) is 50.7 Å². The number of para-hydroxylation sites is 4. The molecule has 60 heavy (non-hydrogen) atoms. The molecule has 0 saturated carbocycles. The summed E-state index contributed by atoms with van der Waals surface area (Å²) in [6.45, 7) is 4.75. The van der Waals surface area contributed by atoms with Gasteiger partial charge in [-0.25, -0.2) is 4.98 Å². The van der Waals surface area contributed by atoms with Crippen LogP contribution in [0.5, 0.6) is 0 Å². The van der Waals surface area contributed by atoms with Crippen molar-refractivity contribution >= 4 is 55.9 Å². The third kappa shape index (κ3) is 5.79. The summed E-state index contributed by atoms with van der Waals surface area (Å²) in [4.78, 5) is 10.4.